The normalized spacial score (nSPS) is 4.76. The van der Waals surface area contributed by atoms with Gasteiger partial charge in [-0.2, -0.15) is 0 Å². The SMILES string of the molecule is CC(=O)[O-].CC(=O)[O-].CC(=O)[O-].CC(=O)[O-].O.O.O.O.[Mn+4]. The van der Waals surface area contributed by atoms with E-state index < -0.39 is 23.9 Å². The summed E-state index contributed by atoms with van der Waals surface area (Å²) in [7, 11) is 0. The van der Waals surface area contributed by atoms with Crippen molar-refractivity contribution in [3.05, 3.63) is 0 Å². The maximum atomic E-state index is 8.89. The van der Waals surface area contributed by atoms with E-state index in [0.29, 0.717) is 0 Å². The van der Waals surface area contributed by atoms with E-state index in [2.05, 4.69) is 0 Å². The largest absolute Gasteiger partial charge is 4.00 e. The number of aliphatic carboxylic acids is 4. The molecule has 0 saturated carbocycles. The molecule has 0 aliphatic carbocycles. The zero-order chi connectivity index (χ0) is 14.3. The summed E-state index contributed by atoms with van der Waals surface area (Å²) in [5.41, 5.74) is 0. The van der Waals surface area contributed by atoms with Crippen LogP contribution in [-0.2, 0) is 36.2 Å². The summed E-state index contributed by atoms with van der Waals surface area (Å²) in [5.74, 6) is -4.33. The third-order valence-electron chi connectivity index (χ3n) is 0. The van der Waals surface area contributed by atoms with Gasteiger partial charge in [0, 0.05) is 23.9 Å². The second kappa shape index (κ2) is 51.7. The molecule has 8 N–H and O–H groups in total. The molecule has 0 aliphatic rings. The summed E-state index contributed by atoms with van der Waals surface area (Å²) in [6.45, 7) is 3.89. The zero-order valence-corrected chi connectivity index (χ0v) is 12.8. The minimum Gasteiger partial charge on any atom is -0.550 e. The third kappa shape index (κ3) is 1550. The Morgan fingerprint density at radius 1 is 0.476 bits per heavy atom. The van der Waals surface area contributed by atoms with Crippen LogP contribution in [0, 0.1) is 0 Å². The quantitative estimate of drug-likeness (QED) is 0.371. The summed E-state index contributed by atoms with van der Waals surface area (Å²) in [6, 6.07) is 0. The van der Waals surface area contributed by atoms with Gasteiger partial charge in [-0.25, -0.2) is 0 Å². The van der Waals surface area contributed by atoms with E-state index in [9.17, 15) is 0 Å². The monoisotopic (exact) mass is 363 g/mol. The molecule has 21 heavy (non-hydrogen) atoms. The molecule has 0 spiro atoms. The van der Waals surface area contributed by atoms with E-state index in [1.165, 1.54) is 0 Å². The van der Waals surface area contributed by atoms with E-state index in [4.69, 9.17) is 39.6 Å². The Hall–Kier alpha value is -1.76. The van der Waals surface area contributed by atoms with Crippen LogP contribution in [0.4, 0.5) is 0 Å². The van der Waals surface area contributed by atoms with Crippen LogP contribution in [-0.4, -0.2) is 45.8 Å². The number of hydrogen-bond acceptors (Lipinski definition) is 8. The average Bonchev–Trinajstić information content (AvgIpc) is 1.76. The van der Waals surface area contributed by atoms with E-state index in [-0.39, 0.29) is 39.0 Å². The predicted molar refractivity (Wildman–Crippen MR) is 57.2 cm³/mol. The fourth-order valence-electron chi connectivity index (χ4n) is 0. The van der Waals surface area contributed by atoms with Crippen LogP contribution >= 0.6 is 0 Å². The van der Waals surface area contributed by atoms with E-state index in [0.717, 1.165) is 27.7 Å². The van der Waals surface area contributed by atoms with Crippen LogP contribution in [0.1, 0.15) is 27.7 Å². The Balaban J connectivity index is -0.0000000121. The van der Waals surface area contributed by atoms with Gasteiger partial charge in [0.05, 0.1) is 0 Å². The Kier molecular flexibility index (Phi) is 150. The molecule has 0 bridgehead atoms. The smallest absolute Gasteiger partial charge is 0.550 e. The summed E-state index contributed by atoms with van der Waals surface area (Å²) in [6.07, 6.45) is 0. The number of hydrogen-bond donors (Lipinski definition) is 0. The summed E-state index contributed by atoms with van der Waals surface area (Å²) >= 11 is 0. The first-order valence-corrected chi connectivity index (χ1v) is 3.63. The Bertz CT molecular complexity index is 165. The van der Waals surface area contributed by atoms with Crippen molar-refractivity contribution in [3.63, 3.8) is 0 Å². The molecule has 131 valence electrons. The molecule has 0 aromatic carbocycles. The van der Waals surface area contributed by atoms with Gasteiger partial charge in [0.25, 0.3) is 0 Å². The predicted octanol–water partition coefficient (Wildman–Crippen LogP) is -8.28. The van der Waals surface area contributed by atoms with Crippen molar-refractivity contribution in [2.75, 3.05) is 0 Å². The molecule has 0 aliphatic heterocycles. The summed E-state index contributed by atoms with van der Waals surface area (Å²) in [4.78, 5) is 35.6. The first kappa shape index (κ1) is 61.0. The van der Waals surface area contributed by atoms with Crippen LogP contribution in [0.2, 0.25) is 0 Å². The minimum atomic E-state index is -1.08. The van der Waals surface area contributed by atoms with Gasteiger partial charge >= 0.3 is 17.1 Å². The zero-order valence-electron chi connectivity index (χ0n) is 11.6. The van der Waals surface area contributed by atoms with Gasteiger partial charge in [-0.3, -0.25) is 0 Å². The van der Waals surface area contributed by atoms with Gasteiger partial charge in [-0.1, -0.05) is 0 Å². The maximum Gasteiger partial charge on any atom is 4.00 e. The van der Waals surface area contributed by atoms with Gasteiger partial charge in [-0.15, -0.1) is 0 Å². The molecule has 1 radical (unpaired) electrons. The second-order valence-electron chi connectivity index (χ2n) is 1.97. The second-order valence-corrected chi connectivity index (χ2v) is 1.97. The number of carbonyl (C=O) groups is 4. The van der Waals surface area contributed by atoms with Crippen molar-refractivity contribution in [1.82, 2.24) is 0 Å². The van der Waals surface area contributed by atoms with Gasteiger partial charge in [0.1, 0.15) is 0 Å². The van der Waals surface area contributed by atoms with Crippen molar-refractivity contribution in [3.8, 4) is 0 Å². The molecule has 0 rings (SSSR count). The first-order valence-electron chi connectivity index (χ1n) is 3.63. The molecule has 0 aromatic rings. The summed E-state index contributed by atoms with van der Waals surface area (Å²) < 4.78 is 0. The number of carboxylic acids is 4. The Morgan fingerprint density at radius 3 is 0.476 bits per heavy atom. The molecule has 12 nitrogen and oxygen atoms in total. The number of carboxylic acid groups (broad SMARTS) is 4. The van der Waals surface area contributed by atoms with Crippen molar-refractivity contribution >= 4 is 23.9 Å². The molecule has 0 aromatic heterocycles. The van der Waals surface area contributed by atoms with Crippen molar-refractivity contribution < 1.29 is 78.6 Å². The van der Waals surface area contributed by atoms with E-state index in [1.807, 2.05) is 0 Å². The molecular weight excluding hydrogens is 343 g/mol. The number of carbonyl (C=O) groups excluding carboxylic acids is 4. The van der Waals surface area contributed by atoms with E-state index >= 15 is 0 Å². The topological polar surface area (TPSA) is 287 Å². The molecule has 13 heteroatoms. The molecule has 0 atom stereocenters. The Morgan fingerprint density at radius 2 is 0.476 bits per heavy atom. The molecule has 0 fully saturated rings. The van der Waals surface area contributed by atoms with Gasteiger partial charge < -0.3 is 61.5 Å². The van der Waals surface area contributed by atoms with Crippen LogP contribution in [0.25, 0.3) is 0 Å². The molecule has 0 heterocycles. The van der Waals surface area contributed by atoms with Crippen LogP contribution in [0.15, 0.2) is 0 Å². The average molecular weight is 363 g/mol. The maximum absolute atomic E-state index is 8.89. The van der Waals surface area contributed by atoms with Crippen LogP contribution < -0.4 is 20.4 Å². The number of rotatable bonds is 0. The van der Waals surface area contributed by atoms with Crippen LogP contribution in [0.3, 0.4) is 0 Å². The Labute approximate surface area is 131 Å². The fourth-order valence-corrected chi connectivity index (χ4v) is 0. The molecular formula is C8H20MnO12. The van der Waals surface area contributed by atoms with E-state index in [1.54, 1.807) is 0 Å². The molecule has 0 unspecified atom stereocenters. The van der Waals surface area contributed by atoms with Gasteiger partial charge in [-0.05, 0) is 27.7 Å². The summed E-state index contributed by atoms with van der Waals surface area (Å²) in [5, 5.41) is 35.6. The van der Waals surface area contributed by atoms with Crippen molar-refractivity contribution in [1.29, 1.82) is 0 Å². The fraction of sp³-hybridized carbons (Fsp3) is 0.500. The minimum absolute atomic E-state index is 0. The molecule has 0 amide bonds. The van der Waals surface area contributed by atoms with Crippen LogP contribution in [0.5, 0.6) is 0 Å². The standard InChI is InChI=1S/4C2H4O2.Mn.4H2O/c4*1-2(3)4;;;;;/h4*1H3,(H,3,4);;4*1H2/q;;;;+4;;;;/p-4. The third-order valence-corrected chi connectivity index (χ3v) is 0. The van der Waals surface area contributed by atoms with Gasteiger partial charge in [0.15, 0.2) is 0 Å². The first-order chi connectivity index (χ1) is 6.93. The molecule has 0 saturated heterocycles. The van der Waals surface area contributed by atoms with Crippen molar-refractivity contribution in [2.24, 2.45) is 0 Å². The van der Waals surface area contributed by atoms with Crippen molar-refractivity contribution in [2.45, 2.75) is 27.7 Å². The van der Waals surface area contributed by atoms with Gasteiger partial charge in [0.2, 0.25) is 0 Å².